The molecule has 0 radical (unpaired) electrons. The van der Waals surface area contributed by atoms with Gasteiger partial charge in [-0.05, 0) is 24.3 Å². The lowest BCUT2D eigenvalue weighted by Crippen LogP contribution is -1.90. The zero-order chi connectivity index (χ0) is 19.0. The lowest BCUT2D eigenvalue weighted by atomic mass is 10.1. The highest BCUT2D eigenvalue weighted by Gasteiger charge is 2.15. The number of aromatic amines is 2. The lowest BCUT2D eigenvalue weighted by molar-refractivity contribution is -0.384. The number of imidazole rings is 1. The van der Waals surface area contributed by atoms with E-state index < -0.39 is 4.92 Å². The van der Waals surface area contributed by atoms with Crippen molar-refractivity contribution >= 4 is 16.7 Å². The molecule has 9 nitrogen and oxygen atoms in total. The van der Waals surface area contributed by atoms with E-state index >= 15 is 0 Å². The molecule has 27 heavy (non-hydrogen) atoms. The van der Waals surface area contributed by atoms with E-state index in [4.69, 9.17) is 9.47 Å². The van der Waals surface area contributed by atoms with Gasteiger partial charge in [-0.1, -0.05) is 0 Å². The van der Waals surface area contributed by atoms with E-state index in [-0.39, 0.29) is 5.69 Å². The number of nitro benzene ring substituents is 1. The van der Waals surface area contributed by atoms with Crippen molar-refractivity contribution in [1.82, 2.24) is 20.2 Å². The minimum absolute atomic E-state index is 0.00553. The monoisotopic (exact) mass is 365 g/mol. The van der Waals surface area contributed by atoms with Crippen LogP contribution in [0.2, 0.25) is 0 Å². The van der Waals surface area contributed by atoms with E-state index in [1.165, 1.54) is 12.1 Å². The first-order valence-corrected chi connectivity index (χ1v) is 8.01. The van der Waals surface area contributed by atoms with E-state index in [1.54, 1.807) is 26.4 Å². The smallest absolute Gasteiger partial charge is 0.271 e. The lowest BCUT2D eigenvalue weighted by Gasteiger charge is -2.08. The summed E-state index contributed by atoms with van der Waals surface area (Å²) in [6.07, 6.45) is 0. The van der Waals surface area contributed by atoms with Crippen LogP contribution in [0.4, 0.5) is 5.69 Å². The van der Waals surface area contributed by atoms with Crippen LogP contribution in [0.3, 0.4) is 0 Å². The number of nitrogens with zero attached hydrogens (tertiary/aromatic N) is 3. The van der Waals surface area contributed by atoms with Gasteiger partial charge in [-0.3, -0.25) is 15.2 Å². The molecule has 0 bridgehead atoms. The highest BCUT2D eigenvalue weighted by Crippen LogP contribution is 2.33. The second-order valence-electron chi connectivity index (χ2n) is 5.78. The molecule has 2 heterocycles. The highest BCUT2D eigenvalue weighted by molar-refractivity contribution is 5.81. The van der Waals surface area contributed by atoms with Crippen molar-refractivity contribution < 1.29 is 14.4 Å². The van der Waals surface area contributed by atoms with Crippen molar-refractivity contribution in [3.05, 3.63) is 52.6 Å². The summed E-state index contributed by atoms with van der Waals surface area (Å²) in [7, 11) is 3.17. The summed E-state index contributed by atoms with van der Waals surface area (Å²) in [6.45, 7) is 0. The molecule has 0 aliphatic heterocycles. The van der Waals surface area contributed by atoms with Crippen LogP contribution in [0.25, 0.3) is 33.8 Å². The van der Waals surface area contributed by atoms with E-state index in [9.17, 15) is 10.1 Å². The van der Waals surface area contributed by atoms with Gasteiger partial charge in [0.05, 0.1) is 35.9 Å². The molecule has 0 aliphatic carbocycles. The van der Waals surface area contributed by atoms with Gasteiger partial charge in [-0.2, -0.15) is 5.10 Å². The van der Waals surface area contributed by atoms with Crippen molar-refractivity contribution in [1.29, 1.82) is 0 Å². The van der Waals surface area contributed by atoms with Crippen LogP contribution in [-0.4, -0.2) is 39.3 Å². The van der Waals surface area contributed by atoms with Crippen LogP contribution in [0.1, 0.15) is 0 Å². The van der Waals surface area contributed by atoms with Crippen LogP contribution in [0.5, 0.6) is 11.5 Å². The fourth-order valence-corrected chi connectivity index (χ4v) is 2.83. The number of benzene rings is 2. The van der Waals surface area contributed by atoms with Crippen LogP contribution in [0.15, 0.2) is 42.5 Å². The Balaban J connectivity index is 1.72. The summed E-state index contributed by atoms with van der Waals surface area (Å²) in [5.41, 5.74) is 3.35. The van der Waals surface area contributed by atoms with Crippen LogP contribution in [0, 0.1) is 10.1 Å². The van der Waals surface area contributed by atoms with Crippen molar-refractivity contribution in [2.45, 2.75) is 0 Å². The molecule has 0 fully saturated rings. The normalized spacial score (nSPS) is 10.9. The van der Waals surface area contributed by atoms with Crippen molar-refractivity contribution in [2.24, 2.45) is 0 Å². The second kappa shape index (κ2) is 6.45. The van der Waals surface area contributed by atoms with Crippen LogP contribution in [-0.2, 0) is 0 Å². The number of hydrogen-bond donors (Lipinski definition) is 2. The van der Waals surface area contributed by atoms with Gasteiger partial charge in [-0.25, -0.2) is 4.98 Å². The number of nitrogens with one attached hydrogen (secondary N) is 2. The summed E-state index contributed by atoms with van der Waals surface area (Å²) in [5, 5.41) is 18.2. The molecule has 0 aliphatic rings. The Morgan fingerprint density at radius 1 is 1.07 bits per heavy atom. The summed E-state index contributed by atoms with van der Waals surface area (Å²) < 4.78 is 10.6. The number of aromatic nitrogens is 4. The fraction of sp³-hybridized carbons (Fsp3) is 0.111. The zero-order valence-corrected chi connectivity index (χ0v) is 14.5. The maximum absolute atomic E-state index is 10.9. The first kappa shape index (κ1) is 16.6. The first-order chi connectivity index (χ1) is 13.1. The third-order valence-corrected chi connectivity index (χ3v) is 4.19. The van der Waals surface area contributed by atoms with Gasteiger partial charge < -0.3 is 14.5 Å². The largest absolute Gasteiger partial charge is 0.497 e. The fourth-order valence-electron chi connectivity index (χ4n) is 2.83. The number of non-ortho nitro benzene ring substituents is 1. The van der Waals surface area contributed by atoms with Gasteiger partial charge in [0, 0.05) is 23.8 Å². The van der Waals surface area contributed by atoms with Crippen LogP contribution >= 0.6 is 0 Å². The summed E-state index contributed by atoms with van der Waals surface area (Å²) in [5.74, 6) is 1.86. The van der Waals surface area contributed by atoms with Gasteiger partial charge in [0.25, 0.3) is 5.69 Å². The Morgan fingerprint density at radius 2 is 1.93 bits per heavy atom. The molecule has 9 heteroatoms. The third-order valence-electron chi connectivity index (χ3n) is 4.19. The van der Waals surface area contributed by atoms with Gasteiger partial charge in [0.2, 0.25) is 0 Å². The Kier molecular flexibility index (Phi) is 3.96. The maximum atomic E-state index is 10.9. The first-order valence-electron chi connectivity index (χ1n) is 8.01. The molecule has 0 unspecified atom stereocenters. The van der Waals surface area contributed by atoms with Gasteiger partial charge in [0.15, 0.2) is 5.82 Å². The second-order valence-corrected chi connectivity index (χ2v) is 5.78. The molecule has 0 saturated carbocycles. The number of rotatable bonds is 5. The molecule has 0 amide bonds. The standard InChI is InChI=1S/C18H15N5O4/c1-26-11-4-5-12(17(8-11)27-2)14-9-16(22-21-14)18-19-13-6-3-10(23(24)25)7-15(13)20-18/h3-9H,1-2H3,(H,19,20)(H,21,22). The zero-order valence-electron chi connectivity index (χ0n) is 14.5. The predicted molar refractivity (Wildman–Crippen MR) is 98.9 cm³/mol. The van der Waals surface area contributed by atoms with Gasteiger partial charge >= 0.3 is 0 Å². The van der Waals surface area contributed by atoms with Crippen molar-refractivity contribution in [3.8, 4) is 34.3 Å². The highest BCUT2D eigenvalue weighted by atomic mass is 16.6. The number of ether oxygens (including phenoxy) is 2. The average Bonchev–Trinajstić information content (AvgIpc) is 3.33. The number of H-pyrrole nitrogens is 2. The molecule has 0 atom stereocenters. The molecule has 0 saturated heterocycles. The van der Waals surface area contributed by atoms with E-state index in [2.05, 4.69) is 20.2 Å². The maximum Gasteiger partial charge on any atom is 0.271 e. The topological polar surface area (TPSA) is 119 Å². The number of hydrogen-bond acceptors (Lipinski definition) is 6. The SMILES string of the molecule is COc1ccc(-c2cc(-c3nc4ccc([N+](=O)[O-])cc4[nH]3)[nH]n2)c(OC)c1. The third kappa shape index (κ3) is 2.95. The van der Waals surface area contributed by atoms with Gasteiger partial charge in [-0.15, -0.1) is 0 Å². The summed E-state index contributed by atoms with van der Waals surface area (Å²) in [4.78, 5) is 18.0. The summed E-state index contributed by atoms with van der Waals surface area (Å²) >= 11 is 0. The predicted octanol–water partition coefficient (Wildman–Crippen LogP) is 3.55. The molecule has 2 N–H and O–H groups in total. The molecule has 4 rings (SSSR count). The average molecular weight is 365 g/mol. The number of methoxy groups -OCH3 is 2. The van der Waals surface area contributed by atoms with E-state index in [0.29, 0.717) is 39.7 Å². The molecule has 2 aromatic carbocycles. The Morgan fingerprint density at radius 3 is 2.67 bits per heavy atom. The van der Waals surface area contributed by atoms with Gasteiger partial charge in [0.1, 0.15) is 17.2 Å². The quantitative estimate of drug-likeness (QED) is 0.412. The molecule has 0 spiro atoms. The number of fused-ring (bicyclic) bond motifs is 1. The number of nitro groups is 1. The minimum Gasteiger partial charge on any atom is -0.497 e. The molecular weight excluding hydrogens is 350 g/mol. The molecular formula is C18H15N5O4. The van der Waals surface area contributed by atoms with Crippen molar-refractivity contribution in [3.63, 3.8) is 0 Å². The van der Waals surface area contributed by atoms with Crippen molar-refractivity contribution in [2.75, 3.05) is 14.2 Å². The summed E-state index contributed by atoms with van der Waals surface area (Å²) in [6, 6.07) is 11.8. The Bertz CT molecular complexity index is 1150. The molecule has 2 aromatic heterocycles. The van der Waals surface area contributed by atoms with Crippen LogP contribution < -0.4 is 9.47 Å². The molecule has 136 valence electrons. The molecule has 4 aromatic rings. The Hall–Kier alpha value is -3.88. The minimum atomic E-state index is -0.440. The van der Waals surface area contributed by atoms with E-state index in [1.807, 2.05) is 18.2 Å². The Labute approximate surface area is 153 Å². The van der Waals surface area contributed by atoms with E-state index in [0.717, 1.165) is 5.56 Å².